The van der Waals surface area contributed by atoms with Gasteiger partial charge in [-0.05, 0) is 25.7 Å². The van der Waals surface area contributed by atoms with E-state index >= 15 is 0 Å². The van der Waals surface area contributed by atoms with E-state index in [9.17, 15) is 0 Å². The zero-order valence-electron chi connectivity index (χ0n) is 12.0. The van der Waals surface area contributed by atoms with Crippen molar-refractivity contribution >= 4 is 16.6 Å². The average Bonchev–Trinajstić information content (AvgIpc) is 2.40. The molecule has 0 aliphatic heterocycles. The largest absolute Gasteiger partial charge is 0.103 e. The summed E-state index contributed by atoms with van der Waals surface area (Å²) in [4.78, 5) is 0. The SMILES string of the molecule is C=CCC[SiH2][Si](CCC=C)(CCC=C)CCC=C. The summed E-state index contributed by atoms with van der Waals surface area (Å²) in [5, 5.41) is 0. The minimum atomic E-state index is -1.02. The van der Waals surface area contributed by atoms with Crippen molar-refractivity contribution in [2.75, 3.05) is 0 Å². The van der Waals surface area contributed by atoms with E-state index in [2.05, 4.69) is 50.6 Å². The van der Waals surface area contributed by atoms with Crippen LogP contribution in [0.15, 0.2) is 50.6 Å². The minimum Gasteiger partial charge on any atom is -0.103 e. The molecule has 0 rings (SSSR count). The molecule has 0 bridgehead atoms. The van der Waals surface area contributed by atoms with Crippen LogP contribution in [-0.4, -0.2) is 16.6 Å². The Morgan fingerprint density at radius 3 is 1.39 bits per heavy atom. The van der Waals surface area contributed by atoms with Gasteiger partial charge in [0.15, 0.2) is 0 Å². The Morgan fingerprint density at radius 2 is 1.06 bits per heavy atom. The van der Waals surface area contributed by atoms with E-state index in [0.717, 1.165) is 0 Å². The molecule has 0 fully saturated rings. The molecular formula is C16H30Si2. The van der Waals surface area contributed by atoms with Gasteiger partial charge in [-0.15, -0.1) is 26.3 Å². The maximum absolute atomic E-state index is 3.90. The normalized spacial score (nSPS) is 11.6. The minimum absolute atomic E-state index is 0.0708. The third kappa shape index (κ3) is 7.67. The molecule has 0 amide bonds. The first kappa shape index (κ1) is 17.4. The van der Waals surface area contributed by atoms with Crippen molar-refractivity contribution in [3.05, 3.63) is 50.6 Å². The van der Waals surface area contributed by atoms with Crippen molar-refractivity contribution in [1.29, 1.82) is 0 Å². The van der Waals surface area contributed by atoms with Crippen LogP contribution in [0.4, 0.5) is 0 Å². The van der Waals surface area contributed by atoms with Crippen LogP contribution in [-0.2, 0) is 0 Å². The molecule has 0 spiro atoms. The zero-order valence-corrected chi connectivity index (χ0v) is 14.4. The first-order valence-electron chi connectivity index (χ1n) is 7.18. The van der Waals surface area contributed by atoms with E-state index < -0.39 is 7.59 Å². The predicted octanol–water partition coefficient (Wildman–Crippen LogP) is 4.82. The molecule has 0 aromatic carbocycles. The summed E-state index contributed by atoms with van der Waals surface area (Å²) < 4.78 is 0. The molecule has 18 heavy (non-hydrogen) atoms. The van der Waals surface area contributed by atoms with Crippen LogP contribution in [0.5, 0.6) is 0 Å². The van der Waals surface area contributed by atoms with Crippen molar-refractivity contribution in [2.45, 2.75) is 49.9 Å². The van der Waals surface area contributed by atoms with Gasteiger partial charge < -0.3 is 0 Å². The molecule has 0 atom stereocenters. The molecule has 102 valence electrons. The van der Waals surface area contributed by atoms with Crippen molar-refractivity contribution in [3.8, 4) is 0 Å². The fourth-order valence-electron chi connectivity index (χ4n) is 2.60. The van der Waals surface area contributed by atoms with Gasteiger partial charge in [-0.3, -0.25) is 0 Å². The van der Waals surface area contributed by atoms with Gasteiger partial charge >= 0.3 is 0 Å². The van der Waals surface area contributed by atoms with Crippen LogP contribution in [0, 0.1) is 0 Å². The highest BCUT2D eigenvalue weighted by Gasteiger charge is 2.29. The Kier molecular flexibility index (Phi) is 11.1. The van der Waals surface area contributed by atoms with Crippen molar-refractivity contribution in [2.24, 2.45) is 0 Å². The molecule has 0 unspecified atom stereocenters. The maximum Gasteiger partial charge on any atom is 0.0410 e. The van der Waals surface area contributed by atoms with E-state index in [4.69, 9.17) is 0 Å². The highest BCUT2D eigenvalue weighted by atomic mass is 29.2. The van der Waals surface area contributed by atoms with Crippen LogP contribution in [0.3, 0.4) is 0 Å². The van der Waals surface area contributed by atoms with Gasteiger partial charge in [0.2, 0.25) is 0 Å². The summed E-state index contributed by atoms with van der Waals surface area (Å²) >= 11 is 0. The molecular weight excluding hydrogens is 248 g/mol. The zero-order chi connectivity index (χ0) is 13.7. The van der Waals surface area contributed by atoms with Crippen molar-refractivity contribution in [1.82, 2.24) is 0 Å². The summed E-state index contributed by atoms with van der Waals surface area (Å²) in [6.45, 7) is 15.6. The highest BCUT2D eigenvalue weighted by Crippen LogP contribution is 2.27. The first-order valence-corrected chi connectivity index (χ1v) is 13.1. The van der Waals surface area contributed by atoms with E-state index in [1.807, 2.05) is 0 Å². The number of rotatable bonds is 13. The van der Waals surface area contributed by atoms with Crippen LogP contribution in [0.25, 0.3) is 0 Å². The van der Waals surface area contributed by atoms with Gasteiger partial charge in [-0.25, -0.2) is 0 Å². The fraction of sp³-hybridized carbons (Fsp3) is 0.500. The summed E-state index contributed by atoms with van der Waals surface area (Å²) in [7, 11) is -0.948. The van der Waals surface area contributed by atoms with Gasteiger partial charge in [0.1, 0.15) is 0 Å². The average molecular weight is 279 g/mol. The molecule has 0 heterocycles. The van der Waals surface area contributed by atoms with Crippen LogP contribution in [0.1, 0.15) is 25.7 Å². The van der Waals surface area contributed by atoms with Crippen molar-refractivity contribution in [3.63, 3.8) is 0 Å². The molecule has 0 aromatic heterocycles. The summed E-state index contributed by atoms with van der Waals surface area (Å²) in [6, 6.07) is 5.78. The second kappa shape index (κ2) is 11.5. The summed E-state index contributed by atoms with van der Waals surface area (Å²) in [5.41, 5.74) is 0. The lowest BCUT2D eigenvalue weighted by Gasteiger charge is -2.31. The lowest BCUT2D eigenvalue weighted by molar-refractivity contribution is 1.04. The Hall–Kier alpha value is -0.606. The molecule has 0 aromatic rings. The molecule has 0 aliphatic rings. The molecule has 0 radical (unpaired) electrons. The van der Waals surface area contributed by atoms with Gasteiger partial charge in [-0.1, -0.05) is 48.5 Å². The number of hydrogen-bond acceptors (Lipinski definition) is 0. The number of hydrogen-bond donors (Lipinski definition) is 0. The molecule has 0 nitrogen and oxygen atoms in total. The van der Waals surface area contributed by atoms with Crippen molar-refractivity contribution < 1.29 is 0 Å². The lowest BCUT2D eigenvalue weighted by Crippen LogP contribution is -2.41. The molecule has 0 saturated carbocycles. The highest BCUT2D eigenvalue weighted by molar-refractivity contribution is 7.24. The van der Waals surface area contributed by atoms with Gasteiger partial charge in [0, 0.05) is 16.6 Å². The Labute approximate surface area is 117 Å². The molecule has 2 heteroatoms. The summed E-state index contributed by atoms with van der Waals surface area (Å²) in [6.07, 6.45) is 13.2. The first-order chi connectivity index (χ1) is 8.74. The van der Waals surface area contributed by atoms with E-state index in [1.54, 1.807) is 0 Å². The Morgan fingerprint density at radius 1 is 0.667 bits per heavy atom. The van der Waals surface area contributed by atoms with Gasteiger partial charge in [-0.2, -0.15) is 0 Å². The molecule has 0 N–H and O–H groups in total. The lowest BCUT2D eigenvalue weighted by atomic mass is 10.5. The topological polar surface area (TPSA) is 0 Å². The third-order valence-electron chi connectivity index (χ3n) is 3.75. The van der Waals surface area contributed by atoms with Gasteiger partial charge in [0.05, 0.1) is 0 Å². The monoisotopic (exact) mass is 278 g/mol. The van der Waals surface area contributed by atoms with Gasteiger partial charge in [0.25, 0.3) is 0 Å². The predicted molar refractivity (Wildman–Crippen MR) is 92.8 cm³/mol. The Bertz CT molecular complexity index is 225. The molecule has 0 saturated heterocycles. The maximum atomic E-state index is 3.90. The number of allylic oxidation sites excluding steroid dienone is 4. The fourth-order valence-corrected chi connectivity index (χ4v) is 14.7. The quantitative estimate of drug-likeness (QED) is 0.257. The van der Waals surface area contributed by atoms with Crippen LogP contribution >= 0.6 is 0 Å². The summed E-state index contributed by atoms with van der Waals surface area (Å²) in [5.74, 6) is 0. The molecule has 0 aliphatic carbocycles. The second-order valence-electron chi connectivity index (χ2n) is 5.16. The van der Waals surface area contributed by atoms with E-state index in [-0.39, 0.29) is 9.04 Å². The van der Waals surface area contributed by atoms with E-state index in [0.29, 0.717) is 0 Å². The smallest absolute Gasteiger partial charge is 0.0410 e. The van der Waals surface area contributed by atoms with Crippen LogP contribution < -0.4 is 0 Å². The Balaban J connectivity index is 4.59. The third-order valence-corrected chi connectivity index (χ3v) is 17.0. The standard InChI is InChI=1S/C16H30Si2/c1-5-9-13-17-18(14-10-6-2,15-11-7-3)16-12-8-4/h5-8H,1-4,9-17H2. The second-order valence-corrected chi connectivity index (χ2v) is 16.9. The van der Waals surface area contributed by atoms with Crippen LogP contribution in [0.2, 0.25) is 24.2 Å². The van der Waals surface area contributed by atoms with E-state index in [1.165, 1.54) is 49.9 Å².